The Morgan fingerprint density at radius 3 is 2.73 bits per heavy atom. The fourth-order valence-electron chi connectivity index (χ4n) is 2.60. The van der Waals surface area contributed by atoms with Crippen LogP contribution in [0.25, 0.3) is 0 Å². The van der Waals surface area contributed by atoms with Crippen LogP contribution in [0.1, 0.15) is 35.2 Å². The van der Waals surface area contributed by atoms with Gasteiger partial charge in [-0.05, 0) is 49.6 Å². The van der Waals surface area contributed by atoms with E-state index in [4.69, 9.17) is 4.74 Å². The first-order valence-electron chi connectivity index (χ1n) is 7.70. The Morgan fingerprint density at radius 2 is 2.00 bits per heavy atom. The first kappa shape index (κ1) is 16.5. The van der Waals surface area contributed by atoms with Crippen LogP contribution in [-0.4, -0.2) is 18.8 Å². The average Bonchev–Trinajstić information content (AvgIpc) is 2.55. The first-order chi connectivity index (χ1) is 10.6. The summed E-state index contributed by atoms with van der Waals surface area (Å²) in [5.74, 6) is 0.947. The molecule has 2 aromatic rings. The van der Waals surface area contributed by atoms with E-state index in [9.17, 15) is 5.11 Å². The van der Waals surface area contributed by atoms with Crippen molar-refractivity contribution in [2.24, 2.45) is 0 Å². The molecule has 3 nitrogen and oxygen atoms in total. The molecule has 0 heterocycles. The van der Waals surface area contributed by atoms with Gasteiger partial charge >= 0.3 is 0 Å². The lowest BCUT2D eigenvalue weighted by Gasteiger charge is -2.16. The molecule has 2 rings (SSSR count). The molecule has 0 amide bonds. The minimum Gasteiger partial charge on any atom is -0.496 e. The van der Waals surface area contributed by atoms with Gasteiger partial charge < -0.3 is 15.2 Å². The summed E-state index contributed by atoms with van der Waals surface area (Å²) in [7, 11) is 1.71. The largest absolute Gasteiger partial charge is 0.496 e. The van der Waals surface area contributed by atoms with Crippen LogP contribution in [0, 0.1) is 6.92 Å². The van der Waals surface area contributed by atoms with Gasteiger partial charge in [-0.25, -0.2) is 0 Å². The summed E-state index contributed by atoms with van der Waals surface area (Å²) in [4.78, 5) is 0. The molecule has 0 bridgehead atoms. The van der Waals surface area contributed by atoms with E-state index in [0.29, 0.717) is 0 Å². The summed E-state index contributed by atoms with van der Waals surface area (Å²) < 4.78 is 5.42. The number of nitrogens with one attached hydrogen (secondary N) is 1. The number of aliphatic hydroxyl groups is 1. The highest BCUT2D eigenvalue weighted by molar-refractivity contribution is 5.37. The summed E-state index contributed by atoms with van der Waals surface area (Å²) in [6.45, 7) is 5.20. The van der Waals surface area contributed by atoms with Crippen LogP contribution in [-0.2, 0) is 13.0 Å². The summed E-state index contributed by atoms with van der Waals surface area (Å²) in [5.41, 5.74) is 4.63. The maximum atomic E-state index is 9.22. The zero-order valence-electron chi connectivity index (χ0n) is 13.6. The Bertz CT molecular complexity index is 610. The summed E-state index contributed by atoms with van der Waals surface area (Å²) >= 11 is 0. The van der Waals surface area contributed by atoms with Crippen LogP contribution in [0.5, 0.6) is 5.75 Å². The number of hydrogen-bond donors (Lipinski definition) is 2. The molecule has 0 aliphatic rings. The number of rotatable bonds is 7. The zero-order valence-corrected chi connectivity index (χ0v) is 13.6. The van der Waals surface area contributed by atoms with Crippen LogP contribution >= 0.6 is 0 Å². The van der Waals surface area contributed by atoms with Crippen LogP contribution in [0.15, 0.2) is 42.5 Å². The fraction of sp³-hybridized carbons (Fsp3) is 0.368. The van der Waals surface area contributed by atoms with Gasteiger partial charge in [0.25, 0.3) is 0 Å². The second kappa shape index (κ2) is 7.97. The molecule has 2 N–H and O–H groups in total. The van der Waals surface area contributed by atoms with Gasteiger partial charge in [-0.3, -0.25) is 0 Å². The number of methoxy groups -OCH3 is 1. The van der Waals surface area contributed by atoms with E-state index < -0.39 is 0 Å². The monoisotopic (exact) mass is 299 g/mol. The highest BCUT2D eigenvalue weighted by Crippen LogP contribution is 2.20. The zero-order chi connectivity index (χ0) is 15.9. The van der Waals surface area contributed by atoms with Crippen molar-refractivity contribution < 1.29 is 9.84 Å². The van der Waals surface area contributed by atoms with Crippen LogP contribution in [0.3, 0.4) is 0 Å². The molecule has 0 spiro atoms. The molecule has 0 fully saturated rings. The number of benzene rings is 2. The van der Waals surface area contributed by atoms with Crippen LogP contribution in [0.2, 0.25) is 0 Å². The summed E-state index contributed by atoms with van der Waals surface area (Å²) in [6.07, 6.45) is 0.925. The van der Waals surface area contributed by atoms with E-state index in [-0.39, 0.29) is 12.6 Å². The number of hydrogen-bond acceptors (Lipinski definition) is 3. The Hall–Kier alpha value is -1.84. The molecule has 118 valence electrons. The lowest BCUT2D eigenvalue weighted by Crippen LogP contribution is -2.21. The van der Waals surface area contributed by atoms with Gasteiger partial charge in [-0.1, -0.05) is 42.0 Å². The molecule has 0 radical (unpaired) electrons. The molecule has 0 saturated carbocycles. The molecule has 0 saturated heterocycles. The summed E-state index contributed by atoms with van der Waals surface area (Å²) in [5, 5.41) is 12.8. The molecular weight excluding hydrogens is 274 g/mol. The topological polar surface area (TPSA) is 41.5 Å². The van der Waals surface area contributed by atoms with Crippen LogP contribution < -0.4 is 10.1 Å². The quantitative estimate of drug-likeness (QED) is 0.823. The maximum Gasteiger partial charge on any atom is 0.122 e. The third kappa shape index (κ3) is 4.33. The molecule has 22 heavy (non-hydrogen) atoms. The van der Waals surface area contributed by atoms with E-state index in [0.717, 1.165) is 24.3 Å². The van der Waals surface area contributed by atoms with Gasteiger partial charge in [0.2, 0.25) is 0 Å². The van der Waals surface area contributed by atoms with Crippen molar-refractivity contribution in [2.45, 2.75) is 32.9 Å². The second-order valence-electron chi connectivity index (χ2n) is 5.64. The predicted octanol–water partition coefficient (Wildman–Crippen LogP) is 3.39. The van der Waals surface area contributed by atoms with Gasteiger partial charge in [-0.15, -0.1) is 0 Å². The highest BCUT2D eigenvalue weighted by atomic mass is 16.5. The minimum atomic E-state index is 0.0844. The predicted molar refractivity (Wildman–Crippen MR) is 90.2 cm³/mol. The Kier molecular flexibility index (Phi) is 5.99. The fourth-order valence-corrected chi connectivity index (χ4v) is 2.60. The van der Waals surface area contributed by atoms with Crippen molar-refractivity contribution in [3.63, 3.8) is 0 Å². The van der Waals surface area contributed by atoms with Gasteiger partial charge in [0.1, 0.15) is 5.75 Å². The first-order valence-corrected chi connectivity index (χ1v) is 7.70. The van der Waals surface area contributed by atoms with E-state index >= 15 is 0 Å². The van der Waals surface area contributed by atoms with Crippen molar-refractivity contribution in [3.8, 4) is 5.75 Å². The lowest BCUT2D eigenvalue weighted by atomic mass is 10.0. The SMILES string of the molecule is COc1ccc(C)cc1CCNC(C)c1cccc(CO)c1. The Balaban J connectivity index is 1.94. The third-order valence-corrected chi connectivity index (χ3v) is 3.91. The molecule has 2 aromatic carbocycles. The molecule has 0 aromatic heterocycles. The smallest absolute Gasteiger partial charge is 0.122 e. The van der Waals surface area contributed by atoms with E-state index in [1.54, 1.807) is 7.11 Å². The number of ether oxygens (including phenoxy) is 1. The average molecular weight is 299 g/mol. The molecule has 1 unspecified atom stereocenters. The molecule has 0 aliphatic carbocycles. The van der Waals surface area contributed by atoms with E-state index in [1.807, 2.05) is 24.3 Å². The summed E-state index contributed by atoms with van der Waals surface area (Å²) in [6, 6.07) is 14.6. The molecule has 0 aliphatic heterocycles. The van der Waals surface area contributed by atoms with Crippen molar-refractivity contribution in [3.05, 3.63) is 64.7 Å². The lowest BCUT2D eigenvalue weighted by molar-refractivity contribution is 0.281. The second-order valence-corrected chi connectivity index (χ2v) is 5.64. The highest BCUT2D eigenvalue weighted by Gasteiger charge is 2.07. The van der Waals surface area contributed by atoms with Gasteiger partial charge in [0.05, 0.1) is 13.7 Å². The van der Waals surface area contributed by atoms with E-state index in [1.165, 1.54) is 16.7 Å². The number of aliphatic hydroxyl groups excluding tert-OH is 1. The third-order valence-electron chi connectivity index (χ3n) is 3.91. The maximum absolute atomic E-state index is 9.22. The molecular formula is C19H25NO2. The standard InChI is InChI=1S/C19H25NO2/c1-14-7-8-19(22-3)18(11-14)9-10-20-15(2)17-6-4-5-16(12-17)13-21/h4-8,11-12,15,20-21H,9-10,13H2,1-3H3. The molecule has 1 atom stereocenters. The van der Waals surface area contributed by atoms with Gasteiger partial charge in [0, 0.05) is 6.04 Å². The number of aryl methyl sites for hydroxylation is 1. The van der Waals surface area contributed by atoms with Gasteiger partial charge in [0.15, 0.2) is 0 Å². The van der Waals surface area contributed by atoms with Crippen molar-refractivity contribution in [1.82, 2.24) is 5.32 Å². The molecule has 3 heteroatoms. The van der Waals surface area contributed by atoms with Crippen molar-refractivity contribution >= 4 is 0 Å². The minimum absolute atomic E-state index is 0.0844. The van der Waals surface area contributed by atoms with Gasteiger partial charge in [-0.2, -0.15) is 0 Å². The van der Waals surface area contributed by atoms with E-state index in [2.05, 4.69) is 37.4 Å². The normalized spacial score (nSPS) is 12.2. The van der Waals surface area contributed by atoms with Crippen LogP contribution in [0.4, 0.5) is 0 Å². The van der Waals surface area contributed by atoms with Crippen molar-refractivity contribution in [1.29, 1.82) is 0 Å². The Morgan fingerprint density at radius 1 is 1.18 bits per heavy atom. The Labute approximate surface area is 133 Å². The van der Waals surface area contributed by atoms with Crippen molar-refractivity contribution in [2.75, 3.05) is 13.7 Å².